The van der Waals surface area contributed by atoms with Gasteiger partial charge in [0, 0.05) is 12.6 Å². The predicted octanol–water partition coefficient (Wildman–Crippen LogP) is 1.26. The number of rotatable bonds is 9. The summed E-state index contributed by atoms with van der Waals surface area (Å²) >= 11 is 0. The van der Waals surface area contributed by atoms with Crippen LogP contribution in [0.3, 0.4) is 0 Å². The van der Waals surface area contributed by atoms with E-state index in [1.165, 1.54) is 13.0 Å². The van der Waals surface area contributed by atoms with E-state index in [0.29, 0.717) is 6.04 Å². The Morgan fingerprint density at radius 2 is 1.87 bits per heavy atom. The molecule has 0 aliphatic rings. The van der Waals surface area contributed by atoms with Crippen LogP contribution in [0.2, 0.25) is 0 Å². The molecule has 3 nitrogen and oxygen atoms in total. The van der Waals surface area contributed by atoms with Gasteiger partial charge in [-0.1, -0.05) is 13.8 Å². The number of hydrogen-bond donors (Lipinski definition) is 1. The van der Waals surface area contributed by atoms with Crippen molar-refractivity contribution in [3.8, 4) is 0 Å². The van der Waals surface area contributed by atoms with Gasteiger partial charge in [-0.25, -0.2) is 0 Å². The van der Waals surface area contributed by atoms with Crippen LogP contribution in [0.15, 0.2) is 0 Å². The molecule has 0 rings (SSSR count). The molecule has 0 aromatic rings. The van der Waals surface area contributed by atoms with E-state index in [0.717, 1.165) is 26.2 Å². The van der Waals surface area contributed by atoms with Crippen LogP contribution in [0, 0.1) is 0 Å². The van der Waals surface area contributed by atoms with Gasteiger partial charge >= 0.3 is 0 Å². The van der Waals surface area contributed by atoms with Crippen LogP contribution in [0.1, 0.15) is 27.2 Å². The van der Waals surface area contributed by atoms with E-state index >= 15 is 0 Å². The van der Waals surface area contributed by atoms with Gasteiger partial charge in [0.25, 0.3) is 0 Å². The summed E-state index contributed by atoms with van der Waals surface area (Å²) in [5.74, 6) is 0. The van der Waals surface area contributed by atoms with Crippen LogP contribution in [0.4, 0.5) is 0 Å². The van der Waals surface area contributed by atoms with Crippen LogP contribution in [-0.2, 0) is 0 Å². The van der Waals surface area contributed by atoms with Gasteiger partial charge in [-0.3, -0.25) is 4.90 Å². The third-order valence-electron chi connectivity index (χ3n) is 2.71. The van der Waals surface area contributed by atoms with E-state index in [9.17, 15) is 0 Å². The zero-order valence-electron chi connectivity index (χ0n) is 11.2. The predicted molar refractivity (Wildman–Crippen MR) is 68.4 cm³/mol. The fourth-order valence-corrected chi connectivity index (χ4v) is 1.92. The van der Waals surface area contributed by atoms with Crippen molar-refractivity contribution in [2.24, 2.45) is 0 Å². The van der Waals surface area contributed by atoms with Gasteiger partial charge in [0.1, 0.15) is 0 Å². The van der Waals surface area contributed by atoms with Gasteiger partial charge in [-0.05, 0) is 53.6 Å². The topological polar surface area (TPSA) is 18.5 Å². The molecule has 0 aromatic carbocycles. The van der Waals surface area contributed by atoms with E-state index < -0.39 is 0 Å². The molecule has 0 saturated carbocycles. The highest BCUT2D eigenvalue weighted by molar-refractivity contribution is 4.68. The van der Waals surface area contributed by atoms with Gasteiger partial charge in [-0.15, -0.1) is 0 Å². The standard InChI is InChI=1S/C12H29N3/c1-6-13-9-8-10-15(7-2)12(3)11-14(4)5/h12-13H,6-11H2,1-5H3. The van der Waals surface area contributed by atoms with Crippen LogP contribution in [-0.4, -0.2) is 62.7 Å². The number of hydrogen-bond acceptors (Lipinski definition) is 3. The zero-order valence-corrected chi connectivity index (χ0v) is 11.2. The second-order valence-electron chi connectivity index (χ2n) is 4.45. The summed E-state index contributed by atoms with van der Waals surface area (Å²) in [6.45, 7) is 12.5. The Balaban J connectivity index is 3.70. The Morgan fingerprint density at radius 3 is 2.33 bits per heavy atom. The molecule has 0 aromatic heterocycles. The molecule has 1 atom stereocenters. The summed E-state index contributed by atoms with van der Waals surface area (Å²) < 4.78 is 0. The first-order chi connectivity index (χ1) is 7.11. The molecule has 1 N–H and O–H groups in total. The fraction of sp³-hybridized carbons (Fsp3) is 1.00. The molecule has 3 heteroatoms. The van der Waals surface area contributed by atoms with E-state index in [2.05, 4.69) is 50.0 Å². The highest BCUT2D eigenvalue weighted by Gasteiger charge is 2.11. The summed E-state index contributed by atoms with van der Waals surface area (Å²) in [6.07, 6.45) is 1.25. The molecule has 15 heavy (non-hydrogen) atoms. The lowest BCUT2D eigenvalue weighted by Gasteiger charge is -2.29. The third kappa shape index (κ3) is 7.77. The first kappa shape index (κ1) is 14.9. The zero-order chi connectivity index (χ0) is 11.7. The fourth-order valence-electron chi connectivity index (χ4n) is 1.92. The van der Waals surface area contributed by atoms with Crippen LogP contribution < -0.4 is 5.32 Å². The van der Waals surface area contributed by atoms with E-state index in [1.807, 2.05) is 0 Å². The van der Waals surface area contributed by atoms with E-state index in [4.69, 9.17) is 0 Å². The molecule has 0 heterocycles. The highest BCUT2D eigenvalue weighted by atomic mass is 15.2. The lowest BCUT2D eigenvalue weighted by Crippen LogP contribution is -2.41. The first-order valence-electron chi connectivity index (χ1n) is 6.21. The molecule has 0 spiro atoms. The maximum Gasteiger partial charge on any atom is 0.0194 e. The second kappa shape index (κ2) is 9.13. The largest absolute Gasteiger partial charge is 0.317 e. The molecule has 0 aliphatic carbocycles. The van der Waals surface area contributed by atoms with Crippen molar-refractivity contribution < 1.29 is 0 Å². The maximum atomic E-state index is 3.37. The SMILES string of the molecule is CCNCCCN(CC)C(C)CN(C)C. The van der Waals surface area contributed by atoms with Crippen molar-refractivity contribution in [2.45, 2.75) is 33.2 Å². The molecule has 0 amide bonds. The summed E-state index contributed by atoms with van der Waals surface area (Å²) in [6, 6.07) is 0.659. The van der Waals surface area contributed by atoms with Crippen molar-refractivity contribution in [3.05, 3.63) is 0 Å². The van der Waals surface area contributed by atoms with Gasteiger partial charge in [-0.2, -0.15) is 0 Å². The summed E-state index contributed by atoms with van der Waals surface area (Å²) in [5.41, 5.74) is 0. The van der Waals surface area contributed by atoms with Gasteiger partial charge in [0.15, 0.2) is 0 Å². The molecule has 92 valence electrons. The number of nitrogens with zero attached hydrogens (tertiary/aromatic N) is 2. The molecular weight excluding hydrogens is 186 g/mol. The van der Waals surface area contributed by atoms with Crippen molar-refractivity contribution in [3.63, 3.8) is 0 Å². The van der Waals surface area contributed by atoms with Gasteiger partial charge < -0.3 is 10.2 Å². The number of likely N-dealkylation sites (N-methyl/N-ethyl adjacent to an activating group) is 2. The summed E-state index contributed by atoms with van der Waals surface area (Å²) in [7, 11) is 4.28. The van der Waals surface area contributed by atoms with Gasteiger partial charge in [0.2, 0.25) is 0 Å². The minimum absolute atomic E-state index is 0.659. The normalized spacial score (nSPS) is 13.8. The van der Waals surface area contributed by atoms with Crippen LogP contribution in [0.25, 0.3) is 0 Å². The average Bonchev–Trinajstić information content (AvgIpc) is 2.16. The second-order valence-corrected chi connectivity index (χ2v) is 4.45. The summed E-state index contributed by atoms with van der Waals surface area (Å²) in [4.78, 5) is 4.81. The van der Waals surface area contributed by atoms with Crippen molar-refractivity contribution in [1.82, 2.24) is 15.1 Å². The summed E-state index contributed by atoms with van der Waals surface area (Å²) in [5, 5.41) is 3.37. The molecule has 0 radical (unpaired) electrons. The Hall–Kier alpha value is -0.120. The number of nitrogens with one attached hydrogen (secondary N) is 1. The van der Waals surface area contributed by atoms with Crippen molar-refractivity contribution in [2.75, 3.05) is 46.8 Å². The minimum Gasteiger partial charge on any atom is -0.317 e. The Kier molecular flexibility index (Phi) is 9.06. The Labute approximate surface area is 95.8 Å². The monoisotopic (exact) mass is 215 g/mol. The Morgan fingerprint density at radius 1 is 1.20 bits per heavy atom. The van der Waals surface area contributed by atoms with E-state index in [1.54, 1.807) is 0 Å². The molecular formula is C12H29N3. The lowest BCUT2D eigenvalue weighted by molar-refractivity contribution is 0.179. The quantitative estimate of drug-likeness (QED) is 0.584. The average molecular weight is 215 g/mol. The van der Waals surface area contributed by atoms with Crippen molar-refractivity contribution in [1.29, 1.82) is 0 Å². The van der Waals surface area contributed by atoms with Crippen molar-refractivity contribution >= 4 is 0 Å². The molecule has 0 fully saturated rings. The lowest BCUT2D eigenvalue weighted by atomic mass is 10.2. The smallest absolute Gasteiger partial charge is 0.0194 e. The first-order valence-corrected chi connectivity index (χ1v) is 6.21. The highest BCUT2D eigenvalue weighted by Crippen LogP contribution is 2.01. The molecule has 0 bridgehead atoms. The third-order valence-corrected chi connectivity index (χ3v) is 2.71. The molecule has 0 saturated heterocycles. The van der Waals surface area contributed by atoms with Crippen LogP contribution in [0.5, 0.6) is 0 Å². The molecule has 1 unspecified atom stereocenters. The molecule has 0 aliphatic heterocycles. The van der Waals surface area contributed by atoms with E-state index in [-0.39, 0.29) is 0 Å². The minimum atomic E-state index is 0.659. The Bertz CT molecular complexity index is 137. The maximum absolute atomic E-state index is 3.37. The van der Waals surface area contributed by atoms with Gasteiger partial charge in [0.05, 0.1) is 0 Å². The van der Waals surface area contributed by atoms with Crippen LogP contribution >= 0.6 is 0 Å².